The smallest absolute Gasteiger partial charge is 0.270 e. The van der Waals surface area contributed by atoms with Gasteiger partial charge in [0, 0.05) is 30.1 Å². The molecule has 1 aromatic carbocycles. The van der Waals surface area contributed by atoms with Crippen LogP contribution >= 0.6 is 0 Å². The number of nitro benzene ring substituents is 1. The molecule has 0 radical (unpaired) electrons. The van der Waals surface area contributed by atoms with E-state index in [1.54, 1.807) is 30.5 Å². The molecule has 26 heavy (non-hydrogen) atoms. The number of hydrogen-bond acceptors (Lipinski definition) is 7. The number of aromatic nitrogens is 3. The maximum absolute atomic E-state index is 11.7. The number of hydrogen-bond donors (Lipinski definition) is 1. The summed E-state index contributed by atoms with van der Waals surface area (Å²) in [5.41, 5.74) is 1.68. The Morgan fingerprint density at radius 3 is 2.73 bits per heavy atom. The van der Waals surface area contributed by atoms with Crippen LogP contribution in [0.25, 0.3) is 16.8 Å². The standard InChI is InChI=1S/C15H13N5O5S/c1-26(24,25)9-14(21)17-15-16-13-6-5-11(8-19(13)18-15)10-3-2-4-12(7-10)20(22)23/h2-8H,9H2,1H3,(H,17,18,21). The number of sulfone groups is 1. The molecule has 0 unspecified atom stereocenters. The fourth-order valence-corrected chi connectivity index (χ4v) is 2.85. The van der Waals surface area contributed by atoms with Crippen LogP contribution in [0.3, 0.4) is 0 Å². The molecule has 0 aliphatic carbocycles. The number of carbonyl (C=O) groups excluding carboxylic acids is 1. The Balaban J connectivity index is 1.89. The number of carbonyl (C=O) groups is 1. The molecule has 0 saturated heterocycles. The predicted molar refractivity (Wildman–Crippen MR) is 93.4 cm³/mol. The average molecular weight is 375 g/mol. The zero-order chi connectivity index (χ0) is 18.9. The summed E-state index contributed by atoms with van der Waals surface area (Å²) in [5.74, 6) is -1.43. The van der Waals surface area contributed by atoms with Crippen LogP contribution in [0, 0.1) is 10.1 Å². The monoisotopic (exact) mass is 375 g/mol. The van der Waals surface area contributed by atoms with Gasteiger partial charge in [0.05, 0.1) is 4.92 Å². The largest absolute Gasteiger partial charge is 0.292 e. The van der Waals surface area contributed by atoms with Crippen molar-refractivity contribution in [1.82, 2.24) is 14.6 Å². The van der Waals surface area contributed by atoms with Crippen molar-refractivity contribution in [3.63, 3.8) is 0 Å². The first-order valence-corrected chi connectivity index (χ1v) is 9.36. The van der Waals surface area contributed by atoms with E-state index in [0.29, 0.717) is 16.8 Å². The van der Waals surface area contributed by atoms with E-state index in [0.717, 1.165) is 6.26 Å². The zero-order valence-corrected chi connectivity index (χ0v) is 14.3. The molecule has 3 aromatic rings. The third-order valence-corrected chi connectivity index (χ3v) is 4.15. The average Bonchev–Trinajstić information content (AvgIpc) is 2.94. The van der Waals surface area contributed by atoms with Gasteiger partial charge in [-0.1, -0.05) is 12.1 Å². The fourth-order valence-electron chi connectivity index (χ4n) is 2.30. The third-order valence-electron chi connectivity index (χ3n) is 3.37. The molecule has 2 aromatic heterocycles. The fraction of sp³-hybridized carbons (Fsp3) is 0.133. The van der Waals surface area contributed by atoms with E-state index >= 15 is 0 Å². The molecule has 10 nitrogen and oxygen atoms in total. The summed E-state index contributed by atoms with van der Waals surface area (Å²) in [6.45, 7) is 0. The number of rotatable bonds is 5. The number of benzene rings is 1. The number of non-ortho nitro benzene ring substituents is 1. The van der Waals surface area contributed by atoms with Crippen molar-refractivity contribution in [3.05, 3.63) is 52.7 Å². The topological polar surface area (TPSA) is 137 Å². The highest BCUT2D eigenvalue weighted by atomic mass is 32.2. The molecule has 0 spiro atoms. The molecule has 11 heteroatoms. The number of nitro groups is 1. The van der Waals surface area contributed by atoms with Crippen molar-refractivity contribution in [2.24, 2.45) is 0 Å². The van der Waals surface area contributed by atoms with E-state index in [1.807, 2.05) is 0 Å². The molecule has 0 atom stereocenters. The molecule has 0 bridgehead atoms. The van der Waals surface area contributed by atoms with E-state index < -0.39 is 26.4 Å². The first-order valence-electron chi connectivity index (χ1n) is 7.30. The van der Waals surface area contributed by atoms with Crippen LogP contribution in [-0.4, -0.2) is 45.9 Å². The van der Waals surface area contributed by atoms with E-state index in [2.05, 4.69) is 15.4 Å². The Bertz CT molecular complexity index is 1120. The number of amides is 1. The molecule has 0 aliphatic rings. The Hall–Kier alpha value is -3.34. The second kappa shape index (κ2) is 6.52. The van der Waals surface area contributed by atoms with Gasteiger partial charge in [0.2, 0.25) is 11.9 Å². The van der Waals surface area contributed by atoms with Gasteiger partial charge in [0.25, 0.3) is 5.69 Å². The molecular formula is C15H13N5O5S. The van der Waals surface area contributed by atoms with Gasteiger partial charge in [-0.2, -0.15) is 4.98 Å². The second-order valence-corrected chi connectivity index (χ2v) is 7.72. The third kappa shape index (κ3) is 4.00. The first kappa shape index (κ1) is 17.5. The lowest BCUT2D eigenvalue weighted by Gasteiger charge is -2.02. The minimum Gasteiger partial charge on any atom is -0.292 e. The van der Waals surface area contributed by atoms with Crippen molar-refractivity contribution >= 4 is 33.0 Å². The summed E-state index contributed by atoms with van der Waals surface area (Å²) in [6, 6.07) is 9.48. The Morgan fingerprint density at radius 2 is 2.04 bits per heavy atom. The SMILES string of the molecule is CS(=O)(=O)CC(=O)Nc1nc2ccc(-c3cccc([N+](=O)[O-])c3)cn2n1. The quantitative estimate of drug-likeness (QED) is 0.524. The highest BCUT2D eigenvalue weighted by molar-refractivity contribution is 7.91. The lowest BCUT2D eigenvalue weighted by atomic mass is 10.1. The predicted octanol–water partition coefficient (Wildman–Crippen LogP) is 1.29. The van der Waals surface area contributed by atoms with Gasteiger partial charge in [-0.25, -0.2) is 12.9 Å². The molecule has 3 rings (SSSR count). The molecule has 0 saturated carbocycles. The molecule has 134 valence electrons. The Kier molecular flexibility index (Phi) is 4.38. The van der Waals surface area contributed by atoms with Crippen molar-refractivity contribution in [2.45, 2.75) is 0 Å². The normalized spacial score (nSPS) is 11.4. The summed E-state index contributed by atoms with van der Waals surface area (Å²) in [7, 11) is -3.46. The molecular weight excluding hydrogens is 362 g/mol. The van der Waals surface area contributed by atoms with Crippen molar-refractivity contribution in [2.75, 3.05) is 17.3 Å². The Morgan fingerprint density at radius 1 is 1.27 bits per heavy atom. The summed E-state index contributed by atoms with van der Waals surface area (Å²) < 4.78 is 23.6. The van der Waals surface area contributed by atoms with Gasteiger partial charge in [0.15, 0.2) is 15.5 Å². The lowest BCUT2D eigenvalue weighted by molar-refractivity contribution is -0.384. The summed E-state index contributed by atoms with van der Waals surface area (Å²) >= 11 is 0. The lowest BCUT2D eigenvalue weighted by Crippen LogP contribution is -2.22. The van der Waals surface area contributed by atoms with Gasteiger partial charge in [0.1, 0.15) is 5.75 Å². The van der Waals surface area contributed by atoms with Gasteiger partial charge in [-0.05, 0) is 17.7 Å². The second-order valence-electron chi connectivity index (χ2n) is 5.58. The van der Waals surface area contributed by atoms with E-state index in [9.17, 15) is 23.3 Å². The van der Waals surface area contributed by atoms with Crippen LogP contribution in [0.4, 0.5) is 11.6 Å². The van der Waals surface area contributed by atoms with Crippen LogP contribution in [0.15, 0.2) is 42.6 Å². The summed E-state index contributed by atoms with van der Waals surface area (Å²) in [6.07, 6.45) is 2.56. The van der Waals surface area contributed by atoms with Crippen LogP contribution in [-0.2, 0) is 14.6 Å². The minimum absolute atomic E-state index is 0.0325. The zero-order valence-electron chi connectivity index (χ0n) is 13.5. The van der Waals surface area contributed by atoms with Crippen LogP contribution in [0.5, 0.6) is 0 Å². The van der Waals surface area contributed by atoms with Crippen molar-refractivity contribution in [1.29, 1.82) is 0 Å². The van der Waals surface area contributed by atoms with Gasteiger partial charge in [-0.15, -0.1) is 5.10 Å². The molecule has 1 amide bonds. The number of anilines is 1. The van der Waals surface area contributed by atoms with E-state index in [-0.39, 0.29) is 11.6 Å². The maximum Gasteiger partial charge on any atom is 0.270 e. The number of pyridine rings is 1. The van der Waals surface area contributed by atoms with Crippen molar-refractivity contribution in [3.8, 4) is 11.1 Å². The molecule has 0 aliphatic heterocycles. The summed E-state index contributed by atoms with van der Waals surface area (Å²) in [4.78, 5) is 26.1. The van der Waals surface area contributed by atoms with Gasteiger partial charge >= 0.3 is 0 Å². The highest BCUT2D eigenvalue weighted by Crippen LogP contribution is 2.24. The van der Waals surface area contributed by atoms with E-state index in [4.69, 9.17) is 0 Å². The van der Waals surface area contributed by atoms with Crippen LogP contribution in [0.1, 0.15) is 0 Å². The first-order chi connectivity index (χ1) is 12.2. The maximum atomic E-state index is 11.7. The number of fused-ring (bicyclic) bond motifs is 1. The van der Waals surface area contributed by atoms with Gasteiger partial charge < -0.3 is 0 Å². The number of nitrogens with one attached hydrogen (secondary N) is 1. The van der Waals surface area contributed by atoms with Crippen molar-refractivity contribution < 1.29 is 18.1 Å². The molecule has 2 heterocycles. The minimum atomic E-state index is -3.46. The van der Waals surface area contributed by atoms with Gasteiger partial charge in [-0.3, -0.25) is 20.2 Å². The highest BCUT2D eigenvalue weighted by Gasteiger charge is 2.14. The molecule has 0 fully saturated rings. The molecule has 1 N–H and O–H groups in total. The number of nitrogens with zero attached hydrogens (tertiary/aromatic N) is 4. The Labute approximate surface area is 147 Å². The van der Waals surface area contributed by atoms with Crippen LogP contribution in [0.2, 0.25) is 0 Å². The van der Waals surface area contributed by atoms with E-state index in [1.165, 1.54) is 16.6 Å². The van der Waals surface area contributed by atoms with Crippen LogP contribution < -0.4 is 5.32 Å². The summed E-state index contributed by atoms with van der Waals surface area (Å²) in [5, 5.41) is 17.3.